The molecule has 0 bridgehead atoms. The van der Waals surface area contributed by atoms with Gasteiger partial charge >= 0.3 is 0 Å². The number of halogens is 1. The average Bonchev–Trinajstić information content (AvgIpc) is 2.38. The maximum absolute atomic E-state index is 11.7. The number of rotatable bonds is 4. The first-order chi connectivity index (χ1) is 9.38. The number of hydrogen-bond acceptors (Lipinski definition) is 3. The van der Waals surface area contributed by atoms with Crippen LogP contribution in [0.15, 0.2) is 24.3 Å². The summed E-state index contributed by atoms with van der Waals surface area (Å²) in [5, 5.41) is 4.08. The summed E-state index contributed by atoms with van der Waals surface area (Å²) in [7, 11) is -2.93. The van der Waals surface area contributed by atoms with Crippen LogP contribution in [0.3, 0.4) is 0 Å². The van der Waals surface area contributed by atoms with E-state index in [0.29, 0.717) is 6.42 Å². The smallest absolute Gasteiger partial charge is 0.150 e. The molecule has 1 N–H and O–H groups in total. The molecule has 112 valence electrons. The molecular formula is C15H22ClNO2S. The van der Waals surface area contributed by atoms with Crippen LogP contribution in [0.4, 0.5) is 0 Å². The summed E-state index contributed by atoms with van der Waals surface area (Å²) in [6.45, 7) is 2.07. The van der Waals surface area contributed by atoms with E-state index in [-0.39, 0.29) is 17.3 Å². The molecule has 1 saturated carbocycles. The second kappa shape index (κ2) is 6.46. The zero-order chi connectivity index (χ0) is 14.8. The molecular weight excluding hydrogens is 294 g/mol. The summed E-state index contributed by atoms with van der Waals surface area (Å²) in [4.78, 5) is 0. The highest BCUT2D eigenvalue weighted by Gasteiger charge is 2.29. The third-order valence-corrected chi connectivity index (χ3v) is 6.07. The molecule has 0 aliphatic heterocycles. The molecule has 20 heavy (non-hydrogen) atoms. The fraction of sp³-hybridized carbons (Fsp3) is 0.600. The molecule has 1 fully saturated rings. The maximum atomic E-state index is 11.7. The highest BCUT2D eigenvalue weighted by Crippen LogP contribution is 2.28. The van der Waals surface area contributed by atoms with Crippen molar-refractivity contribution in [2.75, 3.05) is 6.26 Å². The van der Waals surface area contributed by atoms with E-state index in [1.165, 1.54) is 6.26 Å². The van der Waals surface area contributed by atoms with Gasteiger partial charge in [-0.1, -0.05) is 36.2 Å². The van der Waals surface area contributed by atoms with Gasteiger partial charge in [-0.05, 0) is 37.8 Å². The Bertz CT molecular complexity index is 559. The number of benzene rings is 1. The van der Waals surface area contributed by atoms with Gasteiger partial charge in [-0.3, -0.25) is 0 Å². The van der Waals surface area contributed by atoms with Crippen molar-refractivity contribution in [3.63, 3.8) is 0 Å². The summed E-state index contributed by atoms with van der Waals surface area (Å²) < 4.78 is 23.4. The molecule has 3 atom stereocenters. The second-order valence-corrected chi connectivity index (χ2v) is 8.46. The lowest BCUT2D eigenvalue weighted by molar-refractivity contribution is 0.346. The largest absolute Gasteiger partial charge is 0.307 e. The van der Waals surface area contributed by atoms with Crippen LogP contribution in [0.2, 0.25) is 5.02 Å². The van der Waals surface area contributed by atoms with Gasteiger partial charge < -0.3 is 5.32 Å². The van der Waals surface area contributed by atoms with Crippen LogP contribution in [-0.4, -0.2) is 26.0 Å². The monoisotopic (exact) mass is 315 g/mol. The topological polar surface area (TPSA) is 46.2 Å². The molecule has 0 amide bonds. The molecule has 0 spiro atoms. The Labute approximate surface area is 126 Å². The van der Waals surface area contributed by atoms with Gasteiger partial charge in [0.2, 0.25) is 0 Å². The highest BCUT2D eigenvalue weighted by molar-refractivity contribution is 7.91. The van der Waals surface area contributed by atoms with Gasteiger partial charge in [0.05, 0.1) is 5.25 Å². The van der Waals surface area contributed by atoms with Crippen molar-refractivity contribution in [1.82, 2.24) is 5.32 Å². The molecule has 2 unspecified atom stereocenters. The summed E-state index contributed by atoms with van der Waals surface area (Å²) in [6, 6.07) is 8.16. The molecule has 1 aliphatic carbocycles. The normalized spacial score (nSPS) is 25.4. The molecule has 3 nitrogen and oxygen atoms in total. The Balaban J connectivity index is 2.01. The van der Waals surface area contributed by atoms with Crippen LogP contribution in [0.25, 0.3) is 0 Å². The number of nitrogens with one attached hydrogen (secondary N) is 1. The Morgan fingerprint density at radius 1 is 1.30 bits per heavy atom. The first kappa shape index (κ1) is 15.8. The van der Waals surface area contributed by atoms with Crippen molar-refractivity contribution in [2.45, 2.75) is 49.9 Å². The van der Waals surface area contributed by atoms with Gasteiger partial charge in [-0.2, -0.15) is 0 Å². The summed E-state index contributed by atoms with van der Waals surface area (Å²) in [5.41, 5.74) is 1.07. The number of sulfone groups is 1. The maximum Gasteiger partial charge on any atom is 0.150 e. The lowest BCUT2D eigenvalue weighted by atomic mass is 9.93. The zero-order valence-corrected chi connectivity index (χ0v) is 13.5. The standard InChI is InChI=1S/C15H22ClNO2S/c1-11(14-8-3-4-9-15(14)16)17-12-6-5-7-13(10-12)20(2,18)19/h3-4,8-9,11-13,17H,5-7,10H2,1-2H3/t11-,12?,13?/m1/s1. The molecule has 1 aromatic carbocycles. The molecule has 1 aliphatic rings. The van der Waals surface area contributed by atoms with Crippen molar-refractivity contribution < 1.29 is 8.42 Å². The van der Waals surface area contributed by atoms with Crippen molar-refractivity contribution in [1.29, 1.82) is 0 Å². The molecule has 0 aromatic heterocycles. The molecule has 5 heteroatoms. The van der Waals surface area contributed by atoms with E-state index in [9.17, 15) is 8.42 Å². The molecule has 1 aromatic rings. The van der Waals surface area contributed by atoms with Gasteiger partial charge in [-0.15, -0.1) is 0 Å². The van der Waals surface area contributed by atoms with Gasteiger partial charge in [-0.25, -0.2) is 8.42 Å². The van der Waals surface area contributed by atoms with E-state index in [0.717, 1.165) is 29.8 Å². The van der Waals surface area contributed by atoms with E-state index in [1.807, 2.05) is 24.3 Å². The van der Waals surface area contributed by atoms with Gasteiger partial charge in [0.1, 0.15) is 9.84 Å². The van der Waals surface area contributed by atoms with Gasteiger partial charge in [0, 0.05) is 23.4 Å². The summed E-state index contributed by atoms with van der Waals surface area (Å²) >= 11 is 6.20. The molecule has 2 rings (SSSR count). The second-order valence-electron chi connectivity index (χ2n) is 5.72. The van der Waals surface area contributed by atoms with Crippen molar-refractivity contribution >= 4 is 21.4 Å². The fourth-order valence-electron chi connectivity index (χ4n) is 2.95. The Morgan fingerprint density at radius 2 is 2.00 bits per heavy atom. The Kier molecular flexibility index (Phi) is 5.10. The Morgan fingerprint density at radius 3 is 2.65 bits per heavy atom. The van der Waals surface area contributed by atoms with Crippen molar-refractivity contribution in [3.8, 4) is 0 Å². The van der Waals surface area contributed by atoms with Crippen LogP contribution in [-0.2, 0) is 9.84 Å². The minimum absolute atomic E-state index is 0.131. The van der Waals surface area contributed by atoms with Crippen molar-refractivity contribution in [3.05, 3.63) is 34.9 Å². The zero-order valence-electron chi connectivity index (χ0n) is 12.0. The van der Waals surface area contributed by atoms with E-state index in [2.05, 4.69) is 12.2 Å². The van der Waals surface area contributed by atoms with E-state index in [1.54, 1.807) is 0 Å². The van der Waals surface area contributed by atoms with Gasteiger partial charge in [0.15, 0.2) is 0 Å². The summed E-state index contributed by atoms with van der Waals surface area (Å²) in [6.07, 6.45) is 4.83. The van der Waals surface area contributed by atoms with Crippen LogP contribution in [0.1, 0.15) is 44.2 Å². The SMILES string of the molecule is C[C@@H](NC1CCCC(S(C)(=O)=O)C1)c1ccccc1Cl. The van der Waals surface area contributed by atoms with E-state index in [4.69, 9.17) is 11.6 Å². The molecule has 0 saturated heterocycles. The fourth-order valence-corrected chi connectivity index (χ4v) is 4.43. The third-order valence-electron chi connectivity index (χ3n) is 4.09. The average molecular weight is 316 g/mol. The van der Waals surface area contributed by atoms with Crippen LogP contribution >= 0.6 is 11.6 Å². The van der Waals surface area contributed by atoms with Gasteiger partial charge in [0.25, 0.3) is 0 Å². The first-order valence-corrected chi connectivity index (χ1v) is 9.40. The minimum atomic E-state index is -2.93. The van der Waals surface area contributed by atoms with Crippen LogP contribution < -0.4 is 5.32 Å². The highest BCUT2D eigenvalue weighted by atomic mass is 35.5. The third kappa shape index (κ3) is 3.96. The quantitative estimate of drug-likeness (QED) is 0.927. The predicted octanol–water partition coefficient (Wildman–Crippen LogP) is 3.35. The number of hydrogen-bond donors (Lipinski definition) is 1. The van der Waals surface area contributed by atoms with Crippen molar-refractivity contribution in [2.24, 2.45) is 0 Å². The molecule has 0 radical (unpaired) electrons. The Hall–Kier alpha value is -0.580. The van der Waals surface area contributed by atoms with E-state index < -0.39 is 9.84 Å². The lowest BCUT2D eigenvalue weighted by Crippen LogP contribution is -2.39. The van der Waals surface area contributed by atoms with E-state index >= 15 is 0 Å². The summed E-state index contributed by atoms with van der Waals surface area (Å²) in [5.74, 6) is 0. The van der Waals surface area contributed by atoms with Crippen LogP contribution in [0, 0.1) is 0 Å². The minimum Gasteiger partial charge on any atom is -0.307 e. The van der Waals surface area contributed by atoms with Crippen LogP contribution in [0.5, 0.6) is 0 Å². The lowest BCUT2D eigenvalue weighted by Gasteiger charge is -2.31. The first-order valence-electron chi connectivity index (χ1n) is 7.07. The molecule has 0 heterocycles. The predicted molar refractivity (Wildman–Crippen MR) is 83.9 cm³/mol.